The van der Waals surface area contributed by atoms with E-state index in [1.54, 1.807) is 7.05 Å². The average molecular weight is 249 g/mol. The summed E-state index contributed by atoms with van der Waals surface area (Å²) in [6, 6.07) is 1.35. The minimum atomic E-state index is -0.618. The highest BCUT2D eigenvalue weighted by molar-refractivity contribution is 5.98. The van der Waals surface area contributed by atoms with Crippen LogP contribution >= 0.6 is 0 Å². The van der Waals surface area contributed by atoms with Gasteiger partial charge >= 0.3 is 5.56 Å². The van der Waals surface area contributed by atoms with E-state index in [1.807, 2.05) is 20.8 Å². The fourth-order valence-electron chi connectivity index (χ4n) is 1.78. The van der Waals surface area contributed by atoms with Gasteiger partial charge in [-0.05, 0) is 39.2 Å². The van der Waals surface area contributed by atoms with Gasteiger partial charge in [0, 0.05) is 24.5 Å². The Kier molecular flexibility index (Phi) is 4.83. The minimum Gasteiger partial charge on any atom is -0.302 e. The maximum Gasteiger partial charge on any atom is 0.310 e. The van der Waals surface area contributed by atoms with Gasteiger partial charge in [-0.25, -0.2) is 0 Å². The summed E-state index contributed by atoms with van der Waals surface area (Å²) in [5, 5.41) is 5.05. The van der Waals surface area contributed by atoms with E-state index in [0.29, 0.717) is 6.42 Å². The number of hydrogen-bond donors (Lipinski definition) is 2. The van der Waals surface area contributed by atoms with E-state index in [1.165, 1.54) is 17.2 Å². The second kappa shape index (κ2) is 6.14. The second-order valence-electron chi connectivity index (χ2n) is 4.40. The van der Waals surface area contributed by atoms with Crippen molar-refractivity contribution in [2.75, 3.05) is 7.05 Å². The fraction of sp³-hybridized carbons (Fsp3) is 0.462. The Balaban J connectivity index is 2.87. The van der Waals surface area contributed by atoms with Crippen molar-refractivity contribution in [2.24, 2.45) is 4.99 Å². The molecule has 0 atom stereocenters. The van der Waals surface area contributed by atoms with Crippen LogP contribution in [0.4, 0.5) is 0 Å². The van der Waals surface area contributed by atoms with Gasteiger partial charge in [-0.1, -0.05) is 5.57 Å². The molecule has 18 heavy (non-hydrogen) atoms. The van der Waals surface area contributed by atoms with Crippen molar-refractivity contribution in [2.45, 2.75) is 33.6 Å². The Morgan fingerprint density at radius 3 is 2.39 bits per heavy atom. The lowest BCUT2D eigenvalue weighted by Crippen LogP contribution is -2.27. The third-order valence-electron chi connectivity index (χ3n) is 2.89. The molecule has 0 spiro atoms. The van der Waals surface area contributed by atoms with Crippen LogP contribution in [-0.2, 0) is 6.42 Å². The van der Waals surface area contributed by atoms with Crippen molar-refractivity contribution in [1.29, 1.82) is 0 Å². The van der Waals surface area contributed by atoms with Crippen molar-refractivity contribution in [1.82, 2.24) is 10.2 Å². The SMILES string of the molecule is CN=C(C)C(CCc1cc(=O)c(=O)[nH][nH]1)=C(C)C. The van der Waals surface area contributed by atoms with Gasteiger partial charge in [-0.2, -0.15) is 0 Å². The molecule has 5 heteroatoms. The van der Waals surface area contributed by atoms with Gasteiger partial charge in [0.1, 0.15) is 0 Å². The molecule has 0 aliphatic carbocycles. The molecule has 1 rings (SSSR count). The van der Waals surface area contributed by atoms with Gasteiger partial charge in [-0.15, -0.1) is 0 Å². The molecule has 0 unspecified atom stereocenters. The lowest BCUT2D eigenvalue weighted by Gasteiger charge is -2.09. The number of H-pyrrole nitrogens is 2. The minimum absolute atomic E-state index is 0.511. The third-order valence-corrected chi connectivity index (χ3v) is 2.89. The molecule has 1 aromatic rings. The highest BCUT2D eigenvalue weighted by Crippen LogP contribution is 2.13. The first-order valence-electron chi connectivity index (χ1n) is 5.86. The summed E-state index contributed by atoms with van der Waals surface area (Å²) >= 11 is 0. The molecule has 0 bridgehead atoms. The van der Waals surface area contributed by atoms with Crippen LogP contribution in [0.25, 0.3) is 0 Å². The van der Waals surface area contributed by atoms with Crippen LogP contribution in [0.1, 0.15) is 32.9 Å². The lowest BCUT2D eigenvalue weighted by atomic mass is 10.00. The Bertz CT molecular complexity index is 587. The van der Waals surface area contributed by atoms with E-state index in [9.17, 15) is 9.59 Å². The first kappa shape index (κ1) is 14.2. The third kappa shape index (κ3) is 3.55. The van der Waals surface area contributed by atoms with Crippen LogP contribution < -0.4 is 11.0 Å². The van der Waals surface area contributed by atoms with Crippen LogP contribution in [0.5, 0.6) is 0 Å². The van der Waals surface area contributed by atoms with Gasteiger partial charge in [0.2, 0.25) is 5.43 Å². The number of nitrogens with one attached hydrogen (secondary N) is 2. The molecule has 1 heterocycles. The molecule has 1 aromatic heterocycles. The summed E-state index contributed by atoms with van der Waals surface area (Å²) in [5.74, 6) is 0. The Hall–Kier alpha value is -1.91. The number of aromatic amines is 2. The predicted molar refractivity (Wildman–Crippen MR) is 73.4 cm³/mol. The molecule has 0 fully saturated rings. The van der Waals surface area contributed by atoms with Crippen LogP contribution in [0.15, 0.2) is 31.8 Å². The number of aromatic nitrogens is 2. The number of rotatable bonds is 4. The van der Waals surface area contributed by atoms with Crippen molar-refractivity contribution < 1.29 is 0 Å². The quantitative estimate of drug-likeness (QED) is 0.625. The molecule has 0 saturated carbocycles. The number of allylic oxidation sites excluding steroid dienone is 2. The van der Waals surface area contributed by atoms with E-state index < -0.39 is 11.0 Å². The molecule has 5 nitrogen and oxygen atoms in total. The first-order valence-corrected chi connectivity index (χ1v) is 5.86. The summed E-state index contributed by atoms with van der Waals surface area (Å²) in [6.45, 7) is 6.05. The molecule has 0 amide bonds. The summed E-state index contributed by atoms with van der Waals surface area (Å²) < 4.78 is 0. The van der Waals surface area contributed by atoms with Gasteiger partial charge < -0.3 is 5.10 Å². The van der Waals surface area contributed by atoms with Crippen molar-refractivity contribution >= 4 is 5.71 Å². The van der Waals surface area contributed by atoms with E-state index in [2.05, 4.69) is 15.2 Å². The zero-order valence-corrected chi connectivity index (χ0v) is 11.3. The molecule has 0 radical (unpaired) electrons. The number of aryl methyl sites for hydroxylation is 1. The standard InChI is InChI=1S/C13H19N3O2/c1-8(2)11(9(3)14-4)6-5-10-7-12(17)13(18)16-15-10/h7H,5-6H2,1-4H3,(H,15,17)(H,16,18). The van der Waals surface area contributed by atoms with Crippen molar-refractivity contribution in [3.63, 3.8) is 0 Å². The van der Waals surface area contributed by atoms with Crippen molar-refractivity contribution in [3.05, 3.63) is 43.5 Å². The maximum atomic E-state index is 11.2. The molecular formula is C13H19N3O2. The first-order chi connectivity index (χ1) is 8.45. The molecule has 0 aromatic carbocycles. The average Bonchev–Trinajstić information content (AvgIpc) is 2.33. The van der Waals surface area contributed by atoms with Crippen LogP contribution in [-0.4, -0.2) is 23.0 Å². The molecule has 0 aliphatic heterocycles. The monoisotopic (exact) mass is 249 g/mol. The van der Waals surface area contributed by atoms with E-state index in [0.717, 1.165) is 17.8 Å². The van der Waals surface area contributed by atoms with Gasteiger partial charge in [0.25, 0.3) is 0 Å². The molecular weight excluding hydrogens is 230 g/mol. The summed E-state index contributed by atoms with van der Waals surface area (Å²) in [6.07, 6.45) is 1.45. The van der Waals surface area contributed by atoms with E-state index >= 15 is 0 Å². The smallest absolute Gasteiger partial charge is 0.302 e. The van der Waals surface area contributed by atoms with Gasteiger partial charge in [0.05, 0.1) is 0 Å². The number of aliphatic imine (C=N–C) groups is 1. The highest BCUT2D eigenvalue weighted by Gasteiger charge is 2.05. The highest BCUT2D eigenvalue weighted by atomic mass is 16.2. The van der Waals surface area contributed by atoms with E-state index in [-0.39, 0.29) is 0 Å². The molecule has 0 aliphatic rings. The van der Waals surface area contributed by atoms with Gasteiger partial charge in [-0.3, -0.25) is 19.7 Å². The van der Waals surface area contributed by atoms with E-state index in [4.69, 9.17) is 0 Å². The summed E-state index contributed by atoms with van der Waals surface area (Å²) in [4.78, 5) is 26.3. The number of hydrogen-bond acceptors (Lipinski definition) is 3. The van der Waals surface area contributed by atoms with Gasteiger partial charge in [0.15, 0.2) is 0 Å². The van der Waals surface area contributed by atoms with Crippen LogP contribution in [0.2, 0.25) is 0 Å². The lowest BCUT2D eigenvalue weighted by molar-refractivity contribution is 0.839. The predicted octanol–water partition coefficient (Wildman–Crippen LogP) is 1.42. The topological polar surface area (TPSA) is 78.1 Å². The maximum absolute atomic E-state index is 11.2. The fourth-order valence-corrected chi connectivity index (χ4v) is 1.78. The summed E-state index contributed by atoms with van der Waals surface area (Å²) in [7, 11) is 1.76. The zero-order valence-electron chi connectivity index (χ0n) is 11.3. The van der Waals surface area contributed by atoms with Crippen molar-refractivity contribution in [3.8, 4) is 0 Å². The number of nitrogens with zero attached hydrogens (tertiary/aromatic N) is 1. The Morgan fingerprint density at radius 2 is 1.89 bits per heavy atom. The molecule has 98 valence electrons. The normalized spacial score (nSPS) is 11.4. The summed E-state index contributed by atoms with van der Waals surface area (Å²) in [5.41, 5.74) is 2.99. The Labute approximate surface area is 106 Å². The van der Waals surface area contributed by atoms with Crippen LogP contribution in [0, 0.1) is 0 Å². The molecule has 2 N–H and O–H groups in total. The second-order valence-corrected chi connectivity index (χ2v) is 4.40. The van der Waals surface area contributed by atoms with Crippen LogP contribution in [0.3, 0.4) is 0 Å². The zero-order chi connectivity index (χ0) is 13.7. The largest absolute Gasteiger partial charge is 0.310 e. The molecule has 0 saturated heterocycles. The Morgan fingerprint density at radius 1 is 1.22 bits per heavy atom.